The van der Waals surface area contributed by atoms with Gasteiger partial charge in [0.05, 0.1) is 0 Å². The smallest absolute Gasteiger partial charge is 0.143 e. The van der Waals surface area contributed by atoms with Crippen molar-refractivity contribution in [3.8, 4) is 44.7 Å². The van der Waals surface area contributed by atoms with Gasteiger partial charge in [-0.05, 0) is 91.1 Å². The fraction of sp³-hybridized carbons (Fsp3) is 0. The third-order valence-corrected chi connectivity index (χ3v) is 13.4. The number of thiophene rings is 1. The van der Waals surface area contributed by atoms with Crippen molar-refractivity contribution in [2.24, 2.45) is 0 Å². The molecular weight excluding hydrogens is 737 g/mol. The lowest BCUT2D eigenvalue weighted by Gasteiger charge is -2.18. The molecule has 0 fully saturated rings. The molecule has 274 valence electrons. The molecule has 10 aromatic carbocycles. The third kappa shape index (κ3) is 4.80. The Hall–Kier alpha value is -7.46. The van der Waals surface area contributed by atoms with Crippen molar-refractivity contribution in [1.82, 2.24) is 0 Å². The van der Waals surface area contributed by atoms with E-state index in [1.807, 2.05) is 11.3 Å². The van der Waals surface area contributed by atoms with Crippen LogP contribution < -0.4 is 0 Å². The van der Waals surface area contributed by atoms with Crippen LogP contribution in [0.5, 0.6) is 0 Å². The van der Waals surface area contributed by atoms with E-state index in [1.54, 1.807) is 0 Å². The van der Waals surface area contributed by atoms with Crippen LogP contribution in [0.15, 0.2) is 203 Å². The summed E-state index contributed by atoms with van der Waals surface area (Å²) < 4.78 is 16.1. The van der Waals surface area contributed by atoms with E-state index >= 15 is 0 Å². The van der Waals surface area contributed by atoms with Crippen LogP contribution in [0, 0.1) is 0 Å². The van der Waals surface area contributed by atoms with Crippen LogP contribution in [0.4, 0.5) is 0 Å². The fourth-order valence-electron chi connectivity index (χ4n) is 9.70. The van der Waals surface area contributed by atoms with Gasteiger partial charge in [0, 0.05) is 52.8 Å². The molecule has 0 aliphatic carbocycles. The lowest BCUT2D eigenvalue weighted by atomic mass is 9.85. The Labute approximate surface area is 342 Å². The Kier molecular flexibility index (Phi) is 6.92. The standard InChI is InChI=1S/C56H32O2S/c1-3-15-34(16-4-1)52-45-32-50-46(31-48(45)57-55(52)35-17-5-2-6-18-35)54-44(24-13-25-49(54)59-50)53-41-22-11-9-20-39(41)51(40-21-10-12-23-42(40)53)36-27-28-38-43-29-26-33-14-7-8-19-37(33)56(43)58-47(38)30-36/h1-32H. The van der Waals surface area contributed by atoms with Crippen LogP contribution in [-0.2, 0) is 0 Å². The molecular formula is C56H32O2S. The third-order valence-electron chi connectivity index (χ3n) is 12.3. The van der Waals surface area contributed by atoms with Crippen LogP contribution in [0.3, 0.4) is 0 Å². The zero-order valence-electron chi connectivity index (χ0n) is 31.7. The van der Waals surface area contributed by atoms with E-state index in [9.17, 15) is 0 Å². The number of benzene rings is 10. The average molecular weight is 769 g/mol. The fourth-order valence-corrected chi connectivity index (χ4v) is 10.9. The van der Waals surface area contributed by atoms with Crippen molar-refractivity contribution >= 4 is 96.7 Å². The molecule has 0 N–H and O–H groups in total. The van der Waals surface area contributed by atoms with Crippen LogP contribution in [-0.4, -0.2) is 0 Å². The molecule has 0 saturated heterocycles. The highest BCUT2D eigenvalue weighted by Crippen LogP contribution is 2.50. The van der Waals surface area contributed by atoms with E-state index < -0.39 is 0 Å². The quantitative estimate of drug-likeness (QED) is 0.167. The first-order valence-corrected chi connectivity index (χ1v) is 20.9. The van der Waals surface area contributed by atoms with Crippen LogP contribution >= 0.6 is 11.3 Å². The minimum atomic E-state index is 0.892. The summed E-state index contributed by atoms with van der Waals surface area (Å²) >= 11 is 1.86. The second kappa shape index (κ2) is 12.5. The molecule has 59 heavy (non-hydrogen) atoms. The summed E-state index contributed by atoms with van der Waals surface area (Å²) in [6, 6.07) is 70.0. The van der Waals surface area contributed by atoms with Gasteiger partial charge in [0.15, 0.2) is 0 Å². The van der Waals surface area contributed by atoms with Crippen LogP contribution in [0.1, 0.15) is 0 Å². The van der Waals surface area contributed by atoms with Crippen molar-refractivity contribution in [1.29, 1.82) is 0 Å². The largest absolute Gasteiger partial charge is 0.455 e. The van der Waals surface area contributed by atoms with Gasteiger partial charge in [-0.1, -0.05) is 158 Å². The molecule has 0 saturated carbocycles. The predicted octanol–water partition coefficient (Wildman–Crippen LogP) is 16.8. The number of furan rings is 2. The average Bonchev–Trinajstić information content (AvgIpc) is 3.99. The molecule has 3 heteroatoms. The SMILES string of the molecule is c1ccc(-c2oc3cc4c(cc3c2-c2ccccc2)sc2cccc(-c3c5ccccc5c(-c5ccc6c(c5)oc5c7ccccc7ccc65)c5ccccc35)c24)cc1. The lowest BCUT2D eigenvalue weighted by Crippen LogP contribution is -1.91. The van der Waals surface area contributed by atoms with E-state index in [4.69, 9.17) is 8.83 Å². The molecule has 0 spiro atoms. The maximum absolute atomic E-state index is 6.88. The highest BCUT2D eigenvalue weighted by atomic mass is 32.1. The van der Waals surface area contributed by atoms with Gasteiger partial charge in [0.25, 0.3) is 0 Å². The van der Waals surface area contributed by atoms with Crippen molar-refractivity contribution in [2.45, 2.75) is 0 Å². The van der Waals surface area contributed by atoms with Gasteiger partial charge in [-0.3, -0.25) is 0 Å². The van der Waals surface area contributed by atoms with Gasteiger partial charge in [0.1, 0.15) is 22.5 Å². The zero-order chi connectivity index (χ0) is 38.6. The normalized spacial score (nSPS) is 12.1. The van der Waals surface area contributed by atoms with Crippen molar-refractivity contribution < 1.29 is 8.83 Å². The van der Waals surface area contributed by atoms with Gasteiger partial charge in [-0.25, -0.2) is 0 Å². The molecule has 0 atom stereocenters. The predicted molar refractivity (Wildman–Crippen MR) is 251 cm³/mol. The molecule has 13 rings (SSSR count). The first-order chi connectivity index (χ1) is 29.3. The Balaban J connectivity index is 1.07. The molecule has 0 aliphatic heterocycles. The Morgan fingerprint density at radius 3 is 1.69 bits per heavy atom. The Morgan fingerprint density at radius 1 is 0.322 bits per heavy atom. The summed E-state index contributed by atoms with van der Waals surface area (Å²) in [5, 5.41) is 13.1. The summed E-state index contributed by atoms with van der Waals surface area (Å²) in [6.07, 6.45) is 0. The van der Waals surface area contributed by atoms with Gasteiger partial charge >= 0.3 is 0 Å². The molecule has 0 radical (unpaired) electrons. The minimum absolute atomic E-state index is 0.892. The summed E-state index contributed by atoms with van der Waals surface area (Å²) in [7, 11) is 0. The van der Waals surface area contributed by atoms with Crippen molar-refractivity contribution in [2.75, 3.05) is 0 Å². The van der Waals surface area contributed by atoms with Crippen LogP contribution in [0.2, 0.25) is 0 Å². The van der Waals surface area contributed by atoms with E-state index in [-0.39, 0.29) is 0 Å². The monoisotopic (exact) mass is 768 g/mol. The number of hydrogen-bond acceptors (Lipinski definition) is 3. The van der Waals surface area contributed by atoms with E-state index in [0.717, 1.165) is 66.3 Å². The maximum atomic E-state index is 6.88. The number of rotatable bonds is 4. The molecule has 13 aromatic rings. The summed E-state index contributed by atoms with van der Waals surface area (Å²) in [6.45, 7) is 0. The second-order valence-electron chi connectivity index (χ2n) is 15.5. The highest BCUT2D eigenvalue weighted by molar-refractivity contribution is 7.26. The maximum Gasteiger partial charge on any atom is 0.143 e. The Morgan fingerprint density at radius 2 is 0.949 bits per heavy atom. The molecule has 2 nitrogen and oxygen atoms in total. The zero-order valence-corrected chi connectivity index (χ0v) is 32.5. The summed E-state index contributed by atoms with van der Waals surface area (Å²) in [5.74, 6) is 0.899. The lowest BCUT2D eigenvalue weighted by molar-refractivity contribution is 0.633. The summed E-state index contributed by atoms with van der Waals surface area (Å²) in [4.78, 5) is 0. The second-order valence-corrected chi connectivity index (χ2v) is 16.6. The van der Waals surface area contributed by atoms with E-state index in [2.05, 4.69) is 194 Å². The van der Waals surface area contributed by atoms with Crippen LogP contribution in [0.25, 0.3) is 130 Å². The van der Waals surface area contributed by atoms with Gasteiger partial charge in [-0.15, -0.1) is 11.3 Å². The van der Waals surface area contributed by atoms with E-state index in [0.29, 0.717) is 0 Å². The molecule has 3 aromatic heterocycles. The molecule has 0 unspecified atom stereocenters. The van der Waals surface area contributed by atoms with Gasteiger partial charge in [-0.2, -0.15) is 0 Å². The first-order valence-electron chi connectivity index (χ1n) is 20.1. The summed E-state index contributed by atoms with van der Waals surface area (Å²) in [5.41, 5.74) is 10.9. The van der Waals surface area contributed by atoms with Crippen molar-refractivity contribution in [3.63, 3.8) is 0 Å². The molecule has 0 bridgehead atoms. The number of hydrogen-bond donors (Lipinski definition) is 0. The molecule has 0 aliphatic rings. The highest BCUT2D eigenvalue weighted by Gasteiger charge is 2.23. The molecule has 3 heterocycles. The van der Waals surface area contributed by atoms with Crippen molar-refractivity contribution in [3.05, 3.63) is 194 Å². The van der Waals surface area contributed by atoms with Gasteiger partial charge < -0.3 is 8.83 Å². The first kappa shape index (κ1) is 32.6. The topological polar surface area (TPSA) is 26.3 Å². The minimum Gasteiger partial charge on any atom is -0.455 e. The Bertz CT molecular complexity index is 3770. The van der Waals surface area contributed by atoms with Gasteiger partial charge in [0.2, 0.25) is 0 Å². The molecule has 0 amide bonds. The van der Waals surface area contributed by atoms with E-state index in [1.165, 1.54) is 63.8 Å². The number of fused-ring (bicyclic) bond motifs is 11.